The molecule has 0 spiro atoms. The third kappa shape index (κ3) is 5.87. The van der Waals surface area contributed by atoms with Crippen LogP contribution in [0.2, 0.25) is 0 Å². The maximum absolute atomic E-state index is 11.8. The molecule has 0 heterocycles. The maximum atomic E-state index is 11.8. The Morgan fingerprint density at radius 1 is 0.925 bits per heavy atom. The Morgan fingerprint density at radius 2 is 1.62 bits per heavy atom. The van der Waals surface area contributed by atoms with Gasteiger partial charge in [-0.1, -0.05) is 34.1 Å². The molecule has 8 nitrogen and oxygen atoms in total. The van der Waals surface area contributed by atoms with Crippen LogP contribution in [0.15, 0.2) is 0 Å². The van der Waals surface area contributed by atoms with Crippen LogP contribution in [0.1, 0.15) is 85.5 Å². The Morgan fingerprint density at radius 3 is 2.27 bits per heavy atom. The number of fused-ring (bicyclic) bond motifs is 5. The molecule has 0 aromatic heterocycles. The lowest BCUT2D eigenvalue weighted by molar-refractivity contribution is -0.249. The summed E-state index contributed by atoms with van der Waals surface area (Å²) >= 11 is 0. The second kappa shape index (κ2) is 13.7. The Bertz CT molecular complexity index is 827. The van der Waals surface area contributed by atoms with Gasteiger partial charge in [0.25, 0.3) is 0 Å². The molecular weight excluding hydrogens is 510 g/mol. The third-order valence-electron chi connectivity index (χ3n) is 12.3. The zero-order valence-corrected chi connectivity index (χ0v) is 26.2. The molecule has 8 heteroatoms. The molecule has 232 valence electrons. The van der Waals surface area contributed by atoms with Crippen LogP contribution in [-0.2, 0) is 33.2 Å². The van der Waals surface area contributed by atoms with Gasteiger partial charge >= 0.3 is 0 Å². The van der Waals surface area contributed by atoms with E-state index in [-0.39, 0.29) is 41.8 Å². The Labute approximate surface area is 242 Å². The van der Waals surface area contributed by atoms with Crippen molar-refractivity contribution in [2.45, 2.75) is 104 Å². The molecule has 0 radical (unpaired) electrons. The van der Waals surface area contributed by atoms with Crippen molar-refractivity contribution in [1.29, 1.82) is 0 Å². The molecule has 4 unspecified atom stereocenters. The monoisotopic (exact) mass is 567 g/mol. The van der Waals surface area contributed by atoms with E-state index in [9.17, 15) is 4.79 Å². The number of amides is 1. The molecule has 2 N–H and O–H groups in total. The number of carbonyl (C=O) groups excluding carboxylic acids is 1. The molecule has 1 amide bonds. The fourth-order valence-electron chi connectivity index (χ4n) is 10.4. The van der Waals surface area contributed by atoms with Gasteiger partial charge in [-0.25, -0.2) is 0 Å². The van der Waals surface area contributed by atoms with Crippen molar-refractivity contribution < 1.29 is 33.2 Å². The number of carbonyl (C=O) groups is 1. The Balaban J connectivity index is 1.69. The van der Waals surface area contributed by atoms with Gasteiger partial charge in [0, 0.05) is 27.8 Å². The lowest BCUT2D eigenvalue weighted by Crippen LogP contribution is -2.64. The van der Waals surface area contributed by atoms with Crippen LogP contribution in [0.3, 0.4) is 0 Å². The fourth-order valence-corrected chi connectivity index (χ4v) is 10.4. The summed E-state index contributed by atoms with van der Waals surface area (Å²) in [6.45, 7) is 10.9. The molecule has 4 fully saturated rings. The lowest BCUT2D eigenvalue weighted by Gasteiger charge is -2.66. The van der Waals surface area contributed by atoms with E-state index >= 15 is 0 Å². The minimum atomic E-state index is -0.266. The van der Waals surface area contributed by atoms with Crippen molar-refractivity contribution >= 4 is 5.91 Å². The van der Waals surface area contributed by atoms with E-state index in [1.807, 2.05) is 0 Å². The highest BCUT2D eigenvalue weighted by Crippen LogP contribution is 2.71. The predicted molar refractivity (Wildman–Crippen MR) is 153 cm³/mol. The van der Waals surface area contributed by atoms with Gasteiger partial charge in [0.05, 0.1) is 18.3 Å². The third-order valence-corrected chi connectivity index (χ3v) is 12.3. The van der Waals surface area contributed by atoms with Gasteiger partial charge in [-0.05, 0) is 97.2 Å². The molecule has 4 aliphatic rings. The first-order chi connectivity index (χ1) is 19.2. The van der Waals surface area contributed by atoms with E-state index in [4.69, 9.17) is 34.2 Å². The first-order valence-electron chi connectivity index (χ1n) is 15.8. The van der Waals surface area contributed by atoms with Crippen molar-refractivity contribution in [3.05, 3.63) is 0 Å². The second-order valence-corrected chi connectivity index (χ2v) is 13.8. The number of primary amides is 1. The first kappa shape index (κ1) is 32.2. The highest BCUT2D eigenvalue weighted by atomic mass is 16.7. The van der Waals surface area contributed by atoms with Gasteiger partial charge in [0.2, 0.25) is 5.91 Å². The SMILES string of the molecule is CC[C@H]1[C@@H](OCOC)C2C3CC[C@H](C(CCC(N)=O)OCOC)[C@@]3(C)[C@@H](C)CC2[C@@]2(C)CC[C@@H](OCOC)C[C@@H]12. The van der Waals surface area contributed by atoms with Crippen LogP contribution in [0.5, 0.6) is 0 Å². The number of nitrogens with two attached hydrogens (primary N) is 1. The molecule has 0 aromatic carbocycles. The standard InChI is InChI=1S/C32H57NO7/c1-8-22-25-16-21(38-17-35-5)13-14-31(25,3)26-15-20(2)32(4)23(27(39-18-36-6)11-12-28(33)34)9-10-24(32)29(26)30(22)40-19-37-7/h20-27,29-30H,8-19H2,1-7H3,(H2,33,34)/t20-,21+,22+,23+,24?,25-,26?,27?,29?,30+,31-,32+/m0/s1. The summed E-state index contributed by atoms with van der Waals surface area (Å²) in [5, 5.41) is 0. The number of rotatable bonds is 14. The summed E-state index contributed by atoms with van der Waals surface area (Å²) in [6, 6.07) is 0. The van der Waals surface area contributed by atoms with Crippen LogP contribution in [0, 0.1) is 52.3 Å². The summed E-state index contributed by atoms with van der Waals surface area (Å²) < 4.78 is 35.3. The zero-order chi connectivity index (χ0) is 29.1. The molecule has 4 aliphatic carbocycles. The van der Waals surface area contributed by atoms with E-state index in [1.54, 1.807) is 21.3 Å². The molecule has 4 rings (SSSR count). The Kier molecular flexibility index (Phi) is 11.0. The molecule has 0 aliphatic heterocycles. The van der Waals surface area contributed by atoms with Crippen molar-refractivity contribution in [2.24, 2.45) is 58.0 Å². The average Bonchev–Trinajstić information content (AvgIpc) is 3.29. The topological polar surface area (TPSA) is 98.5 Å². The molecular formula is C32H57NO7. The quantitative estimate of drug-likeness (QED) is 0.282. The van der Waals surface area contributed by atoms with Crippen LogP contribution in [0.4, 0.5) is 0 Å². The van der Waals surface area contributed by atoms with Crippen molar-refractivity contribution in [1.82, 2.24) is 0 Å². The normalized spacial score (nSPS) is 43.5. The van der Waals surface area contributed by atoms with Crippen LogP contribution >= 0.6 is 0 Å². The lowest BCUT2D eigenvalue weighted by atomic mass is 9.40. The van der Waals surface area contributed by atoms with Gasteiger partial charge in [-0.15, -0.1) is 0 Å². The van der Waals surface area contributed by atoms with Gasteiger partial charge in [-0.3, -0.25) is 4.79 Å². The summed E-state index contributed by atoms with van der Waals surface area (Å²) in [4.78, 5) is 11.8. The minimum absolute atomic E-state index is 0.0398. The largest absolute Gasteiger partial charge is 0.370 e. The van der Waals surface area contributed by atoms with E-state index in [1.165, 1.54) is 19.3 Å². The molecule has 4 saturated carbocycles. The van der Waals surface area contributed by atoms with Crippen molar-refractivity contribution in [3.63, 3.8) is 0 Å². The van der Waals surface area contributed by atoms with Gasteiger partial charge in [-0.2, -0.15) is 0 Å². The molecule has 0 saturated heterocycles. The van der Waals surface area contributed by atoms with Gasteiger partial charge in [0.15, 0.2) is 0 Å². The molecule has 0 bridgehead atoms. The molecule has 40 heavy (non-hydrogen) atoms. The summed E-state index contributed by atoms with van der Waals surface area (Å²) in [5.74, 6) is 3.25. The van der Waals surface area contributed by atoms with Crippen molar-refractivity contribution in [2.75, 3.05) is 41.7 Å². The fraction of sp³-hybridized carbons (Fsp3) is 0.969. The van der Waals surface area contributed by atoms with E-state index in [0.717, 1.165) is 25.7 Å². The number of methoxy groups -OCH3 is 3. The van der Waals surface area contributed by atoms with E-state index in [2.05, 4.69) is 27.7 Å². The smallest absolute Gasteiger partial charge is 0.217 e. The van der Waals surface area contributed by atoms with Gasteiger partial charge < -0.3 is 34.2 Å². The zero-order valence-electron chi connectivity index (χ0n) is 26.2. The molecule has 12 atom stereocenters. The molecule has 0 aromatic rings. The van der Waals surface area contributed by atoms with Gasteiger partial charge in [0.1, 0.15) is 20.4 Å². The predicted octanol–water partition coefficient (Wildman–Crippen LogP) is 5.37. The van der Waals surface area contributed by atoms with E-state index < -0.39 is 0 Å². The highest BCUT2D eigenvalue weighted by molar-refractivity contribution is 5.73. The van der Waals surface area contributed by atoms with Crippen LogP contribution in [0.25, 0.3) is 0 Å². The summed E-state index contributed by atoms with van der Waals surface area (Å²) in [5.41, 5.74) is 5.94. The second-order valence-electron chi connectivity index (χ2n) is 13.8. The van der Waals surface area contributed by atoms with E-state index in [0.29, 0.717) is 67.9 Å². The highest BCUT2D eigenvalue weighted by Gasteiger charge is 2.67. The van der Waals surface area contributed by atoms with Crippen molar-refractivity contribution in [3.8, 4) is 0 Å². The number of ether oxygens (including phenoxy) is 6. The number of hydrogen-bond acceptors (Lipinski definition) is 7. The maximum Gasteiger partial charge on any atom is 0.217 e. The first-order valence-corrected chi connectivity index (χ1v) is 15.8. The summed E-state index contributed by atoms with van der Waals surface area (Å²) in [7, 11) is 5.10. The number of hydrogen-bond donors (Lipinski definition) is 1. The van der Waals surface area contributed by atoms with Crippen LogP contribution < -0.4 is 5.73 Å². The summed E-state index contributed by atoms with van der Waals surface area (Å²) in [6.07, 6.45) is 9.28. The Hall–Kier alpha value is -0.770. The average molecular weight is 568 g/mol. The minimum Gasteiger partial charge on any atom is -0.370 e. The van der Waals surface area contributed by atoms with Crippen LogP contribution in [-0.4, -0.2) is 65.9 Å².